The summed E-state index contributed by atoms with van der Waals surface area (Å²) >= 11 is 1.59. The molecule has 3 heterocycles. The molecule has 108 valence electrons. The SMILES string of the molecule is O=C(Nc1ccc2cn[nH]c2c1)c1cc(-c2cccs2)[nH]n1. The Morgan fingerprint density at radius 3 is 3.00 bits per heavy atom. The zero-order valence-corrected chi connectivity index (χ0v) is 12.1. The number of nitrogens with one attached hydrogen (secondary N) is 3. The molecule has 4 aromatic rings. The summed E-state index contributed by atoms with van der Waals surface area (Å²) in [7, 11) is 0. The summed E-state index contributed by atoms with van der Waals surface area (Å²) in [5.41, 5.74) is 2.76. The van der Waals surface area contributed by atoms with Gasteiger partial charge in [-0.25, -0.2) is 0 Å². The van der Waals surface area contributed by atoms with Gasteiger partial charge < -0.3 is 5.32 Å². The van der Waals surface area contributed by atoms with E-state index in [-0.39, 0.29) is 5.91 Å². The fourth-order valence-electron chi connectivity index (χ4n) is 2.21. The monoisotopic (exact) mass is 309 g/mol. The molecule has 3 N–H and O–H groups in total. The van der Waals surface area contributed by atoms with Crippen molar-refractivity contribution in [2.45, 2.75) is 0 Å². The Morgan fingerprint density at radius 2 is 2.14 bits per heavy atom. The number of fused-ring (bicyclic) bond motifs is 1. The first-order valence-electron chi connectivity index (χ1n) is 6.63. The van der Waals surface area contributed by atoms with Gasteiger partial charge in [-0.2, -0.15) is 10.2 Å². The number of amides is 1. The quantitative estimate of drug-likeness (QED) is 0.543. The number of aromatic amines is 2. The lowest BCUT2D eigenvalue weighted by atomic mass is 10.2. The molecule has 0 saturated carbocycles. The summed E-state index contributed by atoms with van der Waals surface area (Å²) in [5.74, 6) is -0.252. The maximum atomic E-state index is 12.3. The third-order valence-corrected chi connectivity index (χ3v) is 4.20. The van der Waals surface area contributed by atoms with Crippen LogP contribution in [0.15, 0.2) is 48.0 Å². The van der Waals surface area contributed by atoms with Gasteiger partial charge in [0.25, 0.3) is 5.91 Å². The lowest BCUT2D eigenvalue weighted by Gasteiger charge is -2.02. The van der Waals surface area contributed by atoms with Crippen molar-refractivity contribution in [3.8, 4) is 10.6 Å². The first kappa shape index (κ1) is 12.8. The molecule has 4 rings (SSSR count). The van der Waals surface area contributed by atoms with E-state index >= 15 is 0 Å². The minimum absolute atomic E-state index is 0.252. The Bertz CT molecular complexity index is 938. The van der Waals surface area contributed by atoms with Crippen molar-refractivity contribution in [2.24, 2.45) is 0 Å². The first-order chi connectivity index (χ1) is 10.8. The van der Waals surface area contributed by atoms with Crippen molar-refractivity contribution >= 4 is 33.8 Å². The summed E-state index contributed by atoms with van der Waals surface area (Å²) in [6, 6.07) is 11.3. The normalized spacial score (nSPS) is 10.9. The fraction of sp³-hybridized carbons (Fsp3) is 0. The smallest absolute Gasteiger partial charge is 0.276 e. The van der Waals surface area contributed by atoms with Crippen LogP contribution < -0.4 is 5.32 Å². The van der Waals surface area contributed by atoms with Crippen LogP contribution in [0, 0.1) is 0 Å². The van der Waals surface area contributed by atoms with Crippen molar-refractivity contribution in [2.75, 3.05) is 5.32 Å². The van der Waals surface area contributed by atoms with Gasteiger partial charge in [0, 0.05) is 11.1 Å². The maximum absolute atomic E-state index is 12.3. The molecule has 3 aromatic heterocycles. The average molecular weight is 309 g/mol. The van der Waals surface area contributed by atoms with Gasteiger partial charge in [-0.05, 0) is 35.7 Å². The van der Waals surface area contributed by atoms with Crippen molar-refractivity contribution in [1.82, 2.24) is 20.4 Å². The molecule has 0 fully saturated rings. The van der Waals surface area contributed by atoms with Crippen molar-refractivity contribution in [1.29, 1.82) is 0 Å². The molecule has 6 nitrogen and oxygen atoms in total. The van der Waals surface area contributed by atoms with Crippen molar-refractivity contribution in [3.63, 3.8) is 0 Å². The summed E-state index contributed by atoms with van der Waals surface area (Å²) in [4.78, 5) is 13.3. The number of carbonyl (C=O) groups is 1. The molecule has 0 radical (unpaired) electrons. The van der Waals surface area contributed by atoms with Gasteiger partial charge in [0.2, 0.25) is 0 Å². The predicted octanol–water partition coefficient (Wildman–Crippen LogP) is 3.27. The van der Waals surface area contributed by atoms with Crippen LogP contribution in [0.25, 0.3) is 21.5 Å². The van der Waals surface area contributed by atoms with E-state index in [9.17, 15) is 4.79 Å². The fourth-order valence-corrected chi connectivity index (χ4v) is 2.90. The third-order valence-electron chi connectivity index (χ3n) is 3.30. The average Bonchev–Trinajstić information content (AvgIpc) is 3.26. The second-order valence-electron chi connectivity index (χ2n) is 4.77. The molecule has 1 aromatic carbocycles. The van der Waals surface area contributed by atoms with E-state index in [2.05, 4.69) is 25.7 Å². The molecule has 0 atom stereocenters. The molecule has 0 aliphatic carbocycles. The Kier molecular flexibility index (Phi) is 2.97. The van der Waals surface area contributed by atoms with Gasteiger partial charge in [0.05, 0.1) is 22.3 Å². The molecule has 0 aliphatic heterocycles. The molecular weight excluding hydrogens is 298 g/mol. The van der Waals surface area contributed by atoms with Crippen LogP contribution >= 0.6 is 11.3 Å². The second-order valence-corrected chi connectivity index (χ2v) is 5.72. The summed E-state index contributed by atoms with van der Waals surface area (Å²) < 4.78 is 0. The number of H-pyrrole nitrogens is 2. The molecule has 22 heavy (non-hydrogen) atoms. The number of benzene rings is 1. The summed E-state index contributed by atoms with van der Waals surface area (Å²) in [6.45, 7) is 0. The van der Waals surface area contributed by atoms with Gasteiger partial charge >= 0.3 is 0 Å². The van der Waals surface area contributed by atoms with Crippen LogP contribution in [0.4, 0.5) is 5.69 Å². The zero-order valence-electron chi connectivity index (χ0n) is 11.3. The minimum Gasteiger partial charge on any atom is -0.321 e. The van der Waals surface area contributed by atoms with E-state index in [0.717, 1.165) is 21.5 Å². The van der Waals surface area contributed by atoms with Gasteiger partial charge in [-0.3, -0.25) is 15.0 Å². The Balaban J connectivity index is 1.56. The molecule has 7 heteroatoms. The summed E-state index contributed by atoms with van der Waals surface area (Å²) in [6.07, 6.45) is 1.74. The number of aromatic nitrogens is 4. The highest BCUT2D eigenvalue weighted by molar-refractivity contribution is 7.13. The second kappa shape index (κ2) is 5.12. The van der Waals surface area contributed by atoms with Crippen LogP contribution in [-0.2, 0) is 0 Å². The number of rotatable bonds is 3. The minimum atomic E-state index is -0.252. The third kappa shape index (κ3) is 2.27. The molecule has 0 saturated heterocycles. The largest absolute Gasteiger partial charge is 0.321 e. The predicted molar refractivity (Wildman–Crippen MR) is 85.9 cm³/mol. The molecular formula is C15H11N5OS. The zero-order chi connectivity index (χ0) is 14.9. The van der Waals surface area contributed by atoms with Crippen LogP contribution in [0.3, 0.4) is 0 Å². The number of nitrogens with zero attached hydrogens (tertiary/aromatic N) is 2. The van der Waals surface area contributed by atoms with Crippen LogP contribution in [-0.4, -0.2) is 26.3 Å². The molecule has 0 unspecified atom stereocenters. The standard InChI is InChI=1S/C15H11N5OS/c21-15(13-7-12(19-20-13)14-2-1-5-22-14)17-10-4-3-9-8-16-18-11(9)6-10/h1-8H,(H,16,18)(H,17,21)(H,19,20). The Morgan fingerprint density at radius 1 is 1.18 bits per heavy atom. The Hall–Kier alpha value is -2.93. The number of hydrogen-bond donors (Lipinski definition) is 3. The van der Waals surface area contributed by atoms with Gasteiger partial charge in [-0.1, -0.05) is 6.07 Å². The summed E-state index contributed by atoms with van der Waals surface area (Å²) in [5, 5.41) is 19.6. The van der Waals surface area contributed by atoms with Crippen LogP contribution in [0.1, 0.15) is 10.5 Å². The van der Waals surface area contributed by atoms with E-state index < -0.39 is 0 Å². The van der Waals surface area contributed by atoms with E-state index in [1.54, 1.807) is 23.6 Å². The molecule has 0 aliphatic rings. The van der Waals surface area contributed by atoms with Gasteiger partial charge in [-0.15, -0.1) is 11.3 Å². The van der Waals surface area contributed by atoms with Gasteiger partial charge in [0.1, 0.15) is 0 Å². The number of carbonyl (C=O) groups excluding carboxylic acids is 1. The van der Waals surface area contributed by atoms with Crippen molar-refractivity contribution < 1.29 is 4.79 Å². The lowest BCUT2D eigenvalue weighted by molar-refractivity contribution is 0.102. The topological polar surface area (TPSA) is 86.5 Å². The number of thiophene rings is 1. The van der Waals surface area contributed by atoms with Gasteiger partial charge in [0.15, 0.2) is 5.69 Å². The highest BCUT2D eigenvalue weighted by atomic mass is 32.1. The molecule has 0 bridgehead atoms. The highest BCUT2D eigenvalue weighted by Gasteiger charge is 2.12. The number of anilines is 1. The van der Waals surface area contributed by atoms with Crippen LogP contribution in [0.2, 0.25) is 0 Å². The van der Waals surface area contributed by atoms with E-state index in [0.29, 0.717) is 11.4 Å². The first-order valence-corrected chi connectivity index (χ1v) is 7.51. The van der Waals surface area contributed by atoms with Crippen molar-refractivity contribution in [3.05, 3.63) is 53.7 Å². The van der Waals surface area contributed by atoms with E-state index in [1.165, 1.54) is 0 Å². The Labute approximate surface area is 129 Å². The van der Waals surface area contributed by atoms with E-state index in [4.69, 9.17) is 0 Å². The van der Waals surface area contributed by atoms with E-state index in [1.807, 2.05) is 35.7 Å². The lowest BCUT2D eigenvalue weighted by Crippen LogP contribution is -2.12. The maximum Gasteiger partial charge on any atom is 0.276 e. The van der Waals surface area contributed by atoms with Crippen LogP contribution in [0.5, 0.6) is 0 Å². The number of hydrogen-bond acceptors (Lipinski definition) is 4. The molecule has 1 amide bonds. The highest BCUT2D eigenvalue weighted by Crippen LogP contribution is 2.23. The molecule has 0 spiro atoms.